The molecule has 4 heteroatoms. The highest BCUT2D eigenvalue weighted by atomic mass is 16.3. The van der Waals surface area contributed by atoms with Gasteiger partial charge in [-0.2, -0.15) is 0 Å². The third-order valence-corrected chi connectivity index (χ3v) is 5.06. The van der Waals surface area contributed by atoms with Crippen LogP contribution in [0.2, 0.25) is 0 Å². The summed E-state index contributed by atoms with van der Waals surface area (Å²) in [4.78, 5) is 26.9. The molecule has 25 heavy (non-hydrogen) atoms. The molecule has 0 unspecified atom stereocenters. The van der Waals surface area contributed by atoms with Crippen molar-refractivity contribution in [2.75, 3.05) is 7.05 Å². The Morgan fingerprint density at radius 2 is 1.40 bits per heavy atom. The molecule has 0 aliphatic carbocycles. The van der Waals surface area contributed by atoms with Crippen molar-refractivity contribution < 1.29 is 14.7 Å². The number of Topliss-reactive ketones (excluding diaryl/α,β-unsaturated/α-hetero) is 2. The Labute approximate surface area is 148 Å². The zero-order valence-corrected chi connectivity index (χ0v) is 14.3. The first kappa shape index (κ1) is 17.5. The molecule has 1 aliphatic heterocycles. The molecule has 1 heterocycles. The predicted molar refractivity (Wildman–Crippen MR) is 96.7 cm³/mol. The Kier molecular flexibility index (Phi) is 5.41. The molecule has 2 aromatic carbocycles. The fourth-order valence-corrected chi connectivity index (χ4v) is 3.54. The second kappa shape index (κ2) is 7.72. The van der Waals surface area contributed by atoms with E-state index in [9.17, 15) is 14.7 Å². The lowest BCUT2D eigenvalue weighted by molar-refractivity contribution is 0.0821. The largest absolute Gasteiger partial charge is 0.391 e. The van der Waals surface area contributed by atoms with Gasteiger partial charge in [0.2, 0.25) is 0 Å². The van der Waals surface area contributed by atoms with Crippen LogP contribution in [0.3, 0.4) is 0 Å². The van der Waals surface area contributed by atoms with Gasteiger partial charge in [0.25, 0.3) is 0 Å². The first-order valence-electron chi connectivity index (χ1n) is 8.62. The summed E-state index contributed by atoms with van der Waals surface area (Å²) in [6, 6.07) is 18.0. The van der Waals surface area contributed by atoms with Crippen LogP contribution in [0.25, 0.3) is 0 Å². The number of rotatable bonds is 6. The van der Waals surface area contributed by atoms with E-state index in [4.69, 9.17) is 0 Å². The first-order chi connectivity index (χ1) is 12.1. The minimum Gasteiger partial charge on any atom is -0.391 e. The van der Waals surface area contributed by atoms with Gasteiger partial charge in [0.15, 0.2) is 11.6 Å². The molecule has 3 atom stereocenters. The summed E-state index contributed by atoms with van der Waals surface area (Å²) >= 11 is 0. The van der Waals surface area contributed by atoms with Gasteiger partial charge in [-0.3, -0.25) is 14.5 Å². The van der Waals surface area contributed by atoms with Gasteiger partial charge in [-0.1, -0.05) is 60.7 Å². The van der Waals surface area contributed by atoms with Crippen molar-refractivity contribution in [3.8, 4) is 0 Å². The number of likely N-dealkylation sites (N-methyl/N-ethyl adjacent to an activating group) is 1. The standard InChI is InChI=1S/C21H23NO3/c1-22-17(12-19(23)15-8-4-2-5-9-15)13-21(25)18(22)14-20(24)16-10-6-3-7-11-16/h2-11,17-18,21,25H,12-14H2,1H3/t17-,18-,21-/m1/s1. The lowest BCUT2D eigenvalue weighted by Gasteiger charge is -2.25. The van der Waals surface area contributed by atoms with E-state index in [1.54, 1.807) is 12.1 Å². The van der Waals surface area contributed by atoms with Crippen LogP contribution in [0.4, 0.5) is 0 Å². The molecular weight excluding hydrogens is 314 g/mol. The molecule has 0 bridgehead atoms. The Bertz CT molecular complexity index is 729. The number of carbonyl (C=O) groups excluding carboxylic acids is 2. The van der Waals surface area contributed by atoms with Crippen molar-refractivity contribution in [2.24, 2.45) is 0 Å². The summed E-state index contributed by atoms with van der Waals surface area (Å²) in [5.41, 5.74) is 1.35. The molecule has 130 valence electrons. The van der Waals surface area contributed by atoms with Crippen LogP contribution in [-0.2, 0) is 0 Å². The molecule has 1 saturated heterocycles. The molecule has 1 fully saturated rings. The van der Waals surface area contributed by atoms with E-state index in [-0.39, 0.29) is 30.1 Å². The molecule has 0 saturated carbocycles. The summed E-state index contributed by atoms with van der Waals surface area (Å²) in [5.74, 6) is 0.0891. The molecule has 2 aromatic rings. The molecule has 1 N–H and O–H groups in total. The summed E-state index contributed by atoms with van der Waals surface area (Å²) in [6.07, 6.45) is 0.541. The fourth-order valence-electron chi connectivity index (χ4n) is 3.54. The summed E-state index contributed by atoms with van der Waals surface area (Å²) in [6.45, 7) is 0. The number of likely N-dealkylation sites (tertiary alicyclic amines) is 1. The third kappa shape index (κ3) is 4.03. The van der Waals surface area contributed by atoms with E-state index < -0.39 is 6.10 Å². The number of benzene rings is 2. The van der Waals surface area contributed by atoms with Gasteiger partial charge >= 0.3 is 0 Å². The van der Waals surface area contributed by atoms with Crippen molar-refractivity contribution in [1.29, 1.82) is 0 Å². The van der Waals surface area contributed by atoms with Crippen LogP contribution < -0.4 is 0 Å². The molecule has 1 aliphatic rings. The number of aliphatic hydroxyl groups is 1. The average molecular weight is 337 g/mol. The minimum absolute atomic E-state index is 0.0199. The van der Waals surface area contributed by atoms with E-state index in [2.05, 4.69) is 0 Å². The predicted octanol–water partition coefficient (Wildman–Crippen LogP) is 2.97. The van der Waals surface area contributed by atoms with Gasteiger partial charge in [0.1, 0.15) is 0 Å². The van der Waals surface area contributed by atoms with Crippen LogP contribution in [0.15, 0.2) is 60.7 Å². The first-order valence-corrected chi connectivity index (χ1v) is 8.62. The van der Waals surface area contributed by atoms with Crippen LogP contribution in [-0.4, -0.2) is 46.8 Å². The van der Waals surface area contributed by atoms with Crippen molar-refractivity contribution in [3.63, 3.8) is 0 Å². The average Bonchev–Trinajstić information content (AvgIpc) is 2.90. The summed E-state index contributed by atoms with van der Waals surface area (Å²) < 4.78 is 0. The van der Waals surface area contributed by atoms with Crippen LogP contribution in [0.1, 0.15) is 40.0 Å². The van der Waals surface area contributed by atoms with Crippen molar-refractivity contribution >= 4 is 11.6 Å². The zero-order chi connectivity index (χ0) is 17.8. The normalized spacial score (nSPS) is 23.5. The molecule has 3 rings (SSSR count). The lowest BCUT2D eigenvalue weighted by atomic mass is 10.00. The Hall–Kier alpha value is -2.30. The van der Waals surface area contributed by atoms with Crippen molar-refractivity contribution in [3.05, 3.63) is 71.8 Å². The number of hydrogen-bond acceptors (Lipinski definition) is 4. The SMILES string of the molecule is CN1[C@H](CC(=O)c2ccccc2)C[C@@H](O)[C@H]1CC(=O)c1ccccc1. The number of ketones is 2. The van der Waals surface area contributed by atoms with Crippen LogP contribution in [0, 0.1) is 0 Å². The lowest BCUT2D eigenvalue weighted by Crippen LogP contribution is -2.38. The van der Waals surface area contributed by atoms with Gasteiger partial charge < -0.3 is 5.11 Å². The second-order valence-corrected chi connectivity index (χ2v) is 6.68. The summed E-state index contributed by atoms with van der Waals surface area (Å²) in [7, 11) is 1.89. The third-order valence-electron chi connectivity index (χ3n) is 5.06. The topological polar surface area (TPSA) is 57.6 Å². The number of nitrogens with zero attached hydrogens (tertiary/aromatic N) is 1. The van der Waals surface area contributed by atoms with Gasteiger partial charge in [0.05, 0.1) is 6.10 Å². The highest BCUT2D eigenvalue weighted by Gasteiger charge is 2.39. The van der Waals surface area contributed by atoms with Crippen molar-refractivity contribution in [1.82, 2.24) is 4.90 Å². The summed E-state index contributed by atoms with van der Waals surface area (Å²) in [5, 5.41) is 10.4. The van der Waals surface area contributed by atoms with E-state index in [0.717, 1.165) is 0 Å². The minimum atomic E-state index is -0.591. The second-order valence-electron chi connectivity index (χ2n) is 6.68. The van der Waals surface area contributed by atoms with Crippen LogP contribution >= 0.6 is 0 Å². The van der Waals surface area contributed by atoms with Crippen LogP contribution in [0.5, 0.6) is 0 Å². The highest BCUT2D eigenvalue weighted by Crippen LogP contribution is 2.29. The van der Waals surface area contributed by atoms with E-state index in [1.165, 1.54) is 0 Å². The van der Waals surface area contributed by atoms with E-state index in [1.807, 2.05) is 60.5 Å². The van der Waals surface area contributed by atoms with E-state index >= 15 is 0 Å². The van der Waals surface area contributed by atoms with E-state index in [0.29, 0.717) is 24.0 Å². The highest BCUT2D eigenvalue weighted by molar-refractivity contribution is 5.97. The smallest absolute Gasteiger partial charge is 0.164 e. The zero-order valence-electron chi connectivity index (χ0n) is 14.3. The maximum absolute atomic E-state index is 12.4. The molecule has 0 aromatic heterocycles. The maximum Gasteiger partial charge on any atom is 0.164 e. The van der Waals surface area contributed by atoms with Gasteiger partial charge in [-0.25, -0.2) is 0 Å². The fraction of sp³-hybridized carbons (Fsp3) is 0.333. The molecule has 0 amide bonds. The Morgan fingerprint density at radius 3 is 1.92 bits per heavy atom. The molecule has 4 nitrogen and oxygen atoms in total. The molecule has 0 radical (unpaired) electrons. The Morgan fingerprint density at radius 1 is 0.920 bits per heavy atom. The number of hydrogen-bond donors (Lipinski definition) is 1. The van der Waals surface area contributed by atoms with Gasteiger partial charge in [-0.15, -0.1) is 0 Å². The van der Waals surface area contributed by atoms with Gasteiger partial charge in [0, 0.05) is 36.1 Å². The maximum atomic E-state index is 12.4. The molecule has 0 spiro atoms. The Balaban J connectivity index is 1.64. The number of aliphatic hydroxyl groups excluding tert-OH is 1. The quantitative estimate of drug-likeness (QED) is 0.824. The molecular formula is C21H23NO3. The number of carbonyl (C=O) groups is 2. The monoisotopic (exact) mass is 337 g/mol. The van der Waals surface area contributed by atoms with Gasteiger partial charge in [-0.05, 0) is 13.5 Å². The van der Waals surface area contributed by atoms with Crippen molar-refractivity contribution in [2.45, 2.75) is 37.5 Å².